The molecule has 0 saturated carbocycles. The van der Waals surface area contributed by atoms with Gasteiger partial charge in [-0.3, -0.25) is 0 Å². The third kappa shape index (κ3) is 0.848. The maximum atomic E-state index is 12.6. The Hall–Kier alpha value is -0.110. The van der Waals surface area contributed by atoms with Crippen LogP contribution in [0.5, 0.6) is 0 Å². The van der Waals surface area contributed by atoms with Gasteiger partial charge in [0.2, 0.25) is 0 Å². The molecule has 0 spiro atoms. The molecule has 1 atom stereocenters. The van der Waals surface area contributed by atoms with Crippen molar-refractivity contribution in [2.45, 2.75) is 32.0 Å². The van der Waals surface area contributed by atoms with Gasteiger partial charge in [0.15, 0.2) is 0 Å². The Morgan fingerprint density at radius 1 is 1.62 bits per heavy atom. The highest BCUT2D eigenvalue weighted by atomic mass is 19.1. The average Bonchev–Trinajstić information content (AvgIpc) is 1.86. The van der Waals surface area contributed by atoms with Gasteiger partial charge in [-0.1, -0.05) is 0 Å². The van der Waals surface area contributed by atoms with Crippen LogP contribution in [-0.2, 0) is 0 Å². The summed E-state index contributed by atoms with van der Waals surface area (Å²) in [6.07, 6.45) is 0.0231. The third-order valence-electron chi connectivity index (χ3n) is 1.76. The summed E-state index contributed by atoms with van der Waals surface area (Å²) in [6.45, 7) is 4.61. The van der Waals surface area contributed by atoms with E-state index in [4.69, 9.17) is 0 Å². The highest BCUT2D eigenvalue weighted by Gasteiger charge is 2.33. The van der Waals surface area contributed by atoms with Crippen LogP contribution in [0.3, 0.4) is 0 Å². The number of hydrogen-bond acceptors (Lipinski definition) is 1. The molecule has 0 aliphatic carbocycles. The fourth-order valence-corrected chi connectivity index (χ4v) is 0.993. The first kappa shape index (κ1) is 6.02. The van der Waals surface area contributed by atoms with Crippen molar-refractivity contribution >= 4 is 0 Å². The van der Waals surface area contributed by atoms with Crippen LogP contribution in [-0.4, -0.2) is 18.3 Å². The van der Waals surface area contributed by atoms with E-state index in [9.17, 15) is 4.39 Å². The molecule has 1 aliphatic heterocycles. The summed E-state index contributed by atoms with van der Waals surface area (Å²) in [4.78, 5) is 0. The van der Waals surface area contributed by atoms with Gasteiger partial charge in [-0.25, -0.2) is 4.39 Å². The molecule has 0 aromatic rings. The largest absolute Gasteiger partial charge is 0.309 e. The average molecular weight is 117 g/mol. The van der Waals surface area contributed by atoms with Gasteiger partial charge in [0, 0.05) is 5.54 Å². The lowest BCUT2D eigenvalue weighted by molar-refractivity contribution is 0.235. The number of hydrogen-bond donors (Lipinski definition) is 1. The molecule has 1 fully saturated rings. The van der Waals surface area contributed by atoms with E-state index in [2.05, 4.69) is 5.32 Å². The van der Waals surface area contributed by atoms with E-state index < -0.39 is 6.17 Å². The highest BCUT2D eigenvalue weighted by molar-refractivity contribution is 4.92. The molecule has 48 valence electrons. The monoisotopic (exact) mass is 117 g/mol. The number of halogens is 1. The van der Waals surface area contributed by atoms with Crippen LogP contribution in [0.15, 0.2) is 0 Å². The van der Waals surface area contributed by atoms with Crippen molar-refractivity contribution in [2.75, 3.05) is 6.54 Å². The first-order chi connectivity index (χ1) is 3.63. The zero-order valence-corrected chi connectivity index (χ0v) is 5.37. The number of nitrogens with one attached hydrogen (secondary N) is 1. The van der Waals surface area contributed by atoms with Crippen LogP contribution < -0.4 is 5.32 Å². The Kier molecular flexibility index (Phi) is 1.27. The number of alkyl halides is 1. The molecule has 0 aromatic carbocycles. The standard InChI is InChI=1S/C6H12FN/c1-6(2)5(7)3-4-8-6/h5,8H,3-4H2,1-2H3. The van der Waals surface area contributed by atoms with E-state index in [-0.39, 0.29) is 5.54 Å². The van der Waals surface area contributed by atoms with Gasteiger partial charge < -0.3 is 5.32 Å². The molecular weight excluding hydrogens is 105 g/mol. The summed E-state index contributed by atoms with van der Waals surface area (Å²) in [6, 6.07) is 0. The van der Waals surface area contributed by atoms with Gasteiger partial charge in [-0.05, 0) is 26.8 Å². The Morgan fingerprint density at radius 2 is 2.25 bits per heavy atom. The lowest BCUT2D eigenvalue weighted by atomic mass is 10.0. The van der Waals surface area contributed by atoms with E-state index in [1.807, 2.05) is 13.8 Å². The summed E-state index contributed by atoms with van der Waals surface area (Å²) in [5.74, 6) is 0. The quantitative estimate of drug-likeness (QED) is 0.501. The molecule has 0 radical (unpaired) electrons. The normalized spacial score (nSPS) is 35.6. The maximum absolute atomic E-state index is 12.6. The van der Waals surface area contributed by atoms with Crippen LogP contribution in [0.25, 0.3) is 0 Å². The second-order valence-electron chi connectivity index (χ2n) is 2.90. The van der Waals surface area contributed by atoms with E-state index in [1.54, 1.807) is 0 Å². The van der Waals surface area contributed by atoms with Crippen molar-refractivity contribution in [3.05, 3.63) is 0 Å². The molecule has 2 heteroatoms. The predicted molar refractivity (Wildman–Crippen MR) is 31.6 cm³/mol. The van der Waals surface area contributed by atoms with Crippen LogP contribution in [0.2, 0.25) is 0 Å². The van der Waals surface area contributed by atoms with Gasteiger partial charge in [-0.15, -0.1) is 0 Å². The summed E-state index contributed by atoms with van der Waals surface area (Å²) in [5.41, 5.74) is -0.264. The molecule has 1 N–H and O–H groups in total. The van der Waals surface area contributed by atoms with Crippen LogP contribution in [0.4, 0.5) is 4.39 Å². The Morgan fingerprint density at radius 3 is 2.38 bits per heavy atom. The molecule has 0 amide bonds. The van der Waals surface area contributed by atoms with Crippen LogP contribution in [0, 0.1) is 0 Å². The van der Waals surface area contributed by atoms with Crippen molar-refractivity contribution in [1.29, 1.82) is 0 Å². The van der Waals surface area contributed by atoms with Gasteiger partial charge in [0.1, 0.15) is 6.17 Å². The fraction of sp³-hybridized carbons (Fsp3) is 1.00. The van der Waals surface area contributed by atoms with Gasteiger partial charge in [-0.2, -0.15) is 0 Å². The van der Waals surface area contributed by atoms with Crippen molar-refractivity contribution in [3.63, 3.8) is 0 Å². The van der Waals surface area contributed by atoms with Gasteiger partial charge in [0.25, 0.3) is 0 Å². The molecule has 1 unspecified atom stereocenters. The SMILES string of the molecule is CC1(C)NCCC1F. The van der Waals surface area contributed by atoms with Crippen molar-refractivity contribution in [1.82, 2.24) is 5.32 Å². The highest BCUT2D eigenvalue weighted by Crippen LogP contribution is 2.20. The van der Waals surface area contributed by atoms with Crippen molar-refractivity contribution in [3.8, 4) is 0 Å². The summed E-state index contributed by atoms with van der Waals surface area (Å²) >= 11 is 0. The summed E-state index contributed by atoms with van der Waals surface area (Å²) in [7, 11) is 0. The Balaban J connectivity index is 2.54. The maximum Gasteiger partial charge on any atom is 0.119 e. The topological polar surface area (TPSA) is 12.0 Å². The van der Waals surface area contributed by atoms with Crippen molar-refractivity contribution < 1.29 is 4.39 Å². The second kappa shape index (κ2) is 1.69. The third-order valence-corrected chi connectivity index (χ3v) is 1.76. The van der Waals surface area contributed by atoms with Crippen LogP contribution >= 0.6 is 0 Å². The molecule has 0 bridgehead atoms. The molecule has 1 aliphatic rings. The molecular formula is C6H12FN. The zero-order valence-electron chi connectivity index (χ0n) is 5.37. The molecule has 8 heavy (non-hydrogen) atoms. The van der Waals surface area contributed by atoms with E-state index >= 15 is 0 Å². The second-order valence-corrected chi connectivity index (χ2v) is 2.90. The minimum absolute atomic E-state index is 0.264. The first-order valence-electron chi connectivity index (χ1n) is 3.02. The summed E-state index contributed by atoms with van der Waals surface area (Å²) in [5, 5.41) is 3.07. The van der Waals surface area contributed by atoms with E-state index in [1.165, 1.54) is 0 Å². The molecule has 1 heterocycles. The minimum atomic E-state index is -0.650. The Labute approximate surface area is 49.3 Å². The van der Waals surface area contributed by atoms with Crippen molar-refractivity contribution in [2.24, 2.45) is 0 Å². The lowest BCUT2D eigenvalue weighted by Gasteiger charge is -2.19. The predicted octanol–water partition coefficient (Wildman–Crippen LogP) is 1.10. The zero-order chi connectivity index (χ0) is 6.20. The molecule has 0 aromatic heterocycles. The molecule has 1 rings (SSSR count). The fourth-order valence-electron chi connectivity index (χ4n) is 0.993. The minimum Gasteiger partial charge on any atom is -0.309 e. The summed E-state index contributed by atoms with van der Waals surface area (Å²) < 4.78 is 12.6. The molecule has 1 nitrogen and oxygen atoms in total. The van der Waals surface area contributed by atoms with Gasteiger partial charge in [0.05, 0.1) is 0 Å². The number of rotatable bonds is 0. The smallest absolute Gasteiger partial charge is 0.119 e. The van der Waals surface area contributed by atoms with E-state index in [0.29, 0.717) is 6.42 Å². The first-order valence-corrected chi connectivity index (χ1v) is 3.02. The lowest BCUT2D eigenvalue weighted by Crippen LogP contribution is -2.38. The van der Waals surface area contributed by atoms with Crippen LogP contribution in [0.1, 0.15) is 20.3 Å². The Bertz CT molecular complexity index is 90.5. The van der Waals surface area contributed by atoms with Gasteiger partial charge >= 0.3 is 0 Å². The van der Waals surface area contributed by atoms with E-state index in [0.717, 1.165) is 6.54 Å². The molecule has 1 saturated heterocycles.